The molecule has 2 amide bonds. The molecule has 1 aliphatic rings. The predicted octanol–water partition coefficient (Wildman–Crippen LogP) is 2.09. The lowest BCUT2D eigenvalue weighted by molar-refractivity contribution is -0.137. The molecule has 2 unspecified atom stereocenters. The van der Waals surface area contributed by atoms with Crippen LogP contribution in [0.5, 0.6) is 0 Å². The van der Waals surface area contributed by atoms with Crippen LogP contribution in [0.1, 0.15) is 47.0 Å². The molecule has 0 aromatic heterocycles. The number of nitrogens with zero attached hydrogens (tertiary/aromatic N) is 1. The Morgan fingerprint density at radius 2 is 2.05 bits per heavy atom. The number of hydrogen-bond acceptors (Lipinski definition) is 3. The molecule has 0 spiro atoms. The number of carbonyl (C=O) groups excluding carboxylic acids is 1. The van der Waals surface area contributed by atoms with Gasteiger partial charge in [-0.05, 0) is 33.6 Å². The fourth-order valence-corrected chi connectivity index (χ4v) is 2.64. The number of carboxylic acid groups (broad SMARTS) is 1. The average Bonchev–Trinajstić information content (AvgIpc) is 2.81. The van der Waals surface area contributed by atoms with Crippen molar-refractivity contribution < 1.29 is 19.4 Å². The van der Waals surface area contributed by atoms with E-state index >= 15 is 0 Å². The molecule has 0 aromatic rings. The summed E-state index contributed by atoms with van der Waals surface area (Å²) in [5.41, 5.74) is -0.407. The van der Waals surface area contributed by atoms with Gasteiger partial charge in [-0.2, -0.15) is 0 Å². The number of ether oxygens (including phenoxy) is 1. The van der Waals surface area contributed by atoms with Crippen molar-refractivity contribution >= 4 is 12.0 Å². The summed E-state index contributed by atoms with van der Waals surface area (Å²) in [4.78, 5) is 24.6. The molecule has 6 heteroatoms. The van der Waals surface area contributed by atoms with Crippen molar-refractivity contribution in [1.82, 2.24) is 10.2 Å². The zero-order valence-electron chi connectivity index (χ0n) is 13.5. The molecule has 0 aromatic carbocycles. The van der Waals surface area contributed by atoms with Gasteiger partial charge in [-0.15, -0.1) is 0 Å². The van der Waals surface area contributed by atoms with Gasteiger partial charge >= 0.3 is 12.0 Å². The van der Waals surface area contributed by atoms with Crippen LogP contribution in [0, 0.1) is 5.92 Å². The Balaban J connectivity index is 2.54. The molecule has 6 nitrogen and oxygen atoms in total. The summed E-state index contributed by atoms with van der Waals surface area (Å²) in [6.07, 6.45) is 2.08. The first-order chi connectivity index (χ1) is 9.75. The van der Waals surface area contributed by atoms with Crippen molar-refractivity contribution in [1.29, 1.82) is 0 Å². The number of nitrogens with one attached hydrogen (secondary N) is 1. The maximum Gasteiger partial charge on any atom is 0.317 e. The van der Waals surface area contributed by atoms with E-state index in [0.717, 1.165) is 19.4 Å². The van der Waals surface area contributed by atoms with E-state index in [9.17, 15) is 9.59 Å². The Bertz CT molecular complexity index is 365. The lowest BCUT2D eigenvalue weighted by atomic mass is 10.00. The second-order valence-electron chi connectivity index (χ2n) is 6.52. The van der Waals surface area contributed by atoms with E-state index in [2.05, 4.69) is 12.2 Å². The van der Waals surface area contributed by atoms with Gasteiger partial charge in [0.25, 0.3) is 0 Å². The Morgan fingerprint density at radius 1 is 1.38 bits per heavy atom. The van der Waals surface area contributed by atoms with Gasteiger partial charge in [0.15, 0.2) is 0 Å². The van der Waals surface area contributed by atoms with E-state index in [1.165, 1.54) is 0 Å². The molecule has 0 saturated carbocycles. The summed E-state index contributed by atoms with van der Waals surface area (Å²) in [5, 5.41) is 11.7. The van der Waals surface area contributed by atoms with Crippen LogP contribution < -0.4 is 5.32 Å². The maximum absolute atomic E-state index is 12.3. The minimum Gasteiger partial charge on any atom is -0.481 e. The molecule has 0 aliphatic carbocycles. The summed E-state index contributed by atoms with van der Waals surface area (Å²) < 4.78 is 5.61. The van der Waals surface area contributed by atoms with E-state index in [4.69, 9.17) is 9.84 Å². The van der Waals surface area contributed by atoms with Crippen LogP contribution in [0.4, 0.5) is 4.79 Å². The molecule has 2 atom stereocenters. The number of rotatable bonds is 6. The van der Waals surface area contributed by atoms with Crippen molar-refractivity contribution in [3.63, 3.8) is 0 Å². The normalized spacial score (nSPS) is 22.1. The topological polar surface area (TPSA) is 78.9 Å². The van der Waals surface area contributed by atoms with Gasteiger partial charge in [0.05, 0.1) is 12.5 Å². The highest BCUT2D eigenvalue weighted by molar-refractivity contribution is 5.76. The van der Waals surface area contributed by atoms with Gasteiger partial charge in [-0.25, -0.2) is 4.79 Å². The summed E-state index contributed by atoms with van der Waals surface area (Å²) >= 11 is 0. The van der Waals surface area contributed by atoms with Crippen molar-refractivity contribution in [3.05, 3.63) is 0 Å². The first-order valence-electron chi connectivity index (χ1n) is 7.64. The number of carboxylic acids is 1. The zero-order valence-corrected chi connectivity index (χ0v) is 13.5. The van der Waals surface area contributed by atoms with Crippen molar-refractivity contribution in [2.24, 2.45) is 5.92 Å². The summed E-state index contributed by atoms with van der Waals surface area (Å²) in [5.74, 6) is -0.549. The van der Waals surface area contributed by atoms with Crippen molar-refractivity contribution in [3.8, 4) is 0 Å². The van der Waals surface area contributed by atoms with E-state index < -0.39 is 11.5 Å². The molecule has 1 rings (SSSR count). The van der Waals surface area contributed by atoms with E-state index in [1.54, 1.807) is 4.90 Å². The number of amides is 2. The lowest BCUT2D eigenvalue weighted by Crippen LogP contribution is -2.52. The second-order valence-corrected chi connectivity index (χ2v) is 6.52. The molecule has 21 heavy (non-hydrogen) atoms. The molecule has 2 N–H and O–H groups in total. The van der Waals surface area contributed by atoms with Gasteiger partial charge < -0.3 is 20.1 Å². The summed E-state index contributed by atoms with van der Waals surface area (Å²) in [6, 6.07) is -0.203. The predicted molar refractivity (Wildman–Crippen MR) is 80.2 cm³/mol. The fraction of sp³-hybridized carbons (Fsp3) is 0.867. The molecule has 1 fully saturated rings. The molecule has 1 heterocycles. The smallest absolute Gasteiger partial charge is 0.317 e. The largest absolute Gasteiger partial charge is 0.481 e. The van der Waals surface area contributed by atoms with Crippen molar-refractivity contribution in [2.75, 3.05) is 19.7 Å². The van der Waals surface area contributed by atoms with Crippen LogP contribution in [-0.2, 0) is 9.53 Å². The zero-order chi connectivity index (χ0) is 16.0. The Kier molecular flexibility index (Phi) is 6.45. The van der Waals surface area contributed by atoms with Gasteiger partial charge in [0.1, 0.15) is 0 Å². The van der Waals surface area contributed by atoms with Gasteiger partial charge in [0, 0.05) is 31.2 Å². The third-order valence-corrected chi connectivity index (χ3v) is 3.87. The molecule has 1 aliphatic heterocycles. The molecule has 0 bridgehead atoms. The minimum absolute atomic E-state index is 0.0468. The Morgan fingerprint density at radius 3 is 2.57 bits per heavy atom. The quantitative estimate of drug-likeness (QED) is 0.787. The third kappa shape index (κ3) is 5.53. The molecule has 1 saturated heterocycles. The highest BCUT2D eigenvalue weighted by atomic mass is 16.5. The highest BCUT2D eigenvalue weighted by Crippen LogP contribution is 2.23. The van der Waals surface area contributed by atoms with Crippen LogP contribution in [0.15, 0.2) is 0 Å². The summed E-state index contributed by atoms with van der Waals surface area (Å²) in [6.45, 7) is 9.34. The van der Waals surface area contributed by atoms with Crippen LogP contribution >= 0.6 is 0 Å². The monoisotopic (exact) mass is 300 g/mol. The van der Waals surface area contributed by atoms with E-state index in [-0.39, 0.29) is 25.1 Å². The van der Waals surface area contributed by atoms with Gasteiger partial charge in [-0.1, -0.05) is 6.92 Å². The molecular weight excluding hydrogens is 272 g/mol. The number of aliphatic carboxylic acids is 1. The first-order valence-corrected chi connectivity index (χ1v) is 7.64. The van der Waals surface area contributed by atoms with Crippen LogP contribution in [0.3, 0.4) is 0 Å². The lowest BCUT2D eigenvalue weighted by Gasteiger charge is -2.35. The Hall–Kier alpha value is -1.30. The molecular formula is C15H28N2O4. The number of hydrogen-bond donors (Lipinski definition) is 2. The van der Waals surface area contributed by atoms with E-state index in [0.29, 0.717) is 12.5 Å². The Labute approximate surface area is 126 Å². The standard InChI is InChI=1S/C15H28N2O4/c1-5-12-11(7-9-21-12)10-16-14(20)17(15(2,3)4)8-6-13(18)19/h11-12H,5-10H2,1-4H3,(H,16,20)(H,18,19). The number of carbonyl (C=O) groups is 2. The summed E-state index contributed by atoms with van der Waals surface area (Å²) in [7, 11) is 0. The number of urea groups is 1. The fourth-order valence-electron chi connectivity index (χ4n) is 2.64. The first kappa shape index (κ1) is 17.8. The maximum atomic E-state index is 12.3. The average molecular weight is 300 g/mol. The van der Waals surface area contributed by atoms with Gasteiger partial charge in [0.2, 0.25) is 0 Å². The van der Waals surface area contributed by atoms with E-state index in [1.807, 2.05) is 20.8 Å². The van der Waals surface area contributed by atoms with Crippen molar-refractivity contribution in [2.45, 2.75) is 58.6 Å². The highest BCUT2D eigenvalue weighted by Gasteiger charge is 2.30. The second kappa shape index (κ2) is 7.64. The van der Waals surface area contributed by atoms with Crippen LogP contribution in [0.25, 0.3) is 0 Å². The van der Waals surface area contributed by atoms with Gasteiger partial charge in [-0.3, -0.25) is 4.79 Å². The van der Waals surface area contributed by atoms with Crippen LogP contribution in [-0.4, -0.2) is 53.3 Å². The SMILES string of the molecule is CCC1OCCC1CNC(=O)N(CCC(=O)O)C(C)(C)C. The molecule has 0 radical (unpaired) electrons. The van der Waals surface area contributed by atoms with Crippen LogP contribution in [0.2, 0.25) is 0 Å². The molecule has 122 valence electrons. The minimum atomic E-state index is -0.896. The third-order valence-electron chi connectivity index (χ3n) is 3.87.